The van der Waals surface area contributed by atoms with E-state index in [4.69, 9.17) is 0 Å². The predicted octanol–water partition coefficient (Wildman–Crippen LogP) is 3.62. The number of sulfonamides is 1. The van der Waals surface area contributed by atoms with Crippen LogP contribution in [0.15, 0.2) is 47.4 Å². The van der Waals surface area contributed by atoms with Crippen LogP contribution in [0, 0.1) is 13.8 Å². The van der Waals surface area contributed by atoms with Gasteiger partial charge in [-0.3, -0.25) is 9.10 Å². The molecule has 1 aliphatic rings. The monoisotopic (exact) mass is 358 g/mol. The molecule has 1 fully saturated rings. The number of rotatable bonds is 5. The highest BCUT2D eigenvalue weighted by molar-refractivity contribution is 7.93. The van der Waals surface area contributed by atoms with Gasteiger partial charge < -0.3 is 5.32 Å². The van der Waals surface area contributed by atoms with E-state index in [0.29, 0.717) is 16.3 Å². The first-order valence-corrected chi connectivity index (χ1v) is 9.72. The fraction of sp³-hybridized carbons (Fsp3) is 0.316. The molecule has 0 unspecified atom stereocenters. The summed E-state index contributed by atoms with van der Waals surface area (Å²) in [5.74, 6) is -0.158. The second-order valence-corrected chi connectivity index (χ2v) is 8.31. The van der Waals surface area contributed by atoms with Crippen LogP contribution in [0.3, 0.4) is 0 Å². The van der Waals surface area contributed by atoms with Crippen molar-refractivity contribution in [3.63, 3.8) is 0 Å². The molecular weight excluding hydrogens is 336 g/mol. The van der Waals surface area contributed by atoms with Crippen molar-refractivity contribution >= 4 is 27.3 Å². The third-order valence-corrected chi connectivity index (χ3v) is 6.23. The Hall–Kier alpha value is -2.34. The SMILES string of the molecule is CC(=O)Nc1ccc(N(C2CC2)S(=O)(=O)c2ccc(C)cc2C)cc1. The molecule has 1 aliphatic carbocycles. The van der Waals surface area contributed by atoms with Gasteiger partial charge in [0.25, 0.3) is 10.0 Å². The van der Waals surface area contributed by atoms with Crippen LogP contribution < -0.4 is 9.62 Å². The van der Waals surface area contributed by atoms with Crippen LogP contribution in [0.4, 0.5) is 11.4 Å². The number of carbonyl (C=O) groups excluding carboxylic acids is 1. The number of carbonyl (C=O) groups is 1. The van der Waals surface area contributed by atoms with Crippen LogP contribution in [0.2, 0.25) is 0 Å². The molecule has 0 heterocycles. The molecule has 0 spiro atoms. The van der Waals surface area contributed by atoms with E-state index in [1.54, 1.807) is 30.3 Å². The zero-order chi connectivity index (χ0) is 18.2. The van der Waals surface area contributed by atoms with Gasteiger partial charge in [-0.15, -0.1) is 0 Å². The molecule has 1 saturated carbocycles. The van der Waals surface area contributed by atoms with E-state index in [1.165, 1.54) is 11.2 Å². The lowest BCUT2D eigenvalue weighted by Gasteiger charge is -2.25. The number of nitrogens with one attached hydrogen (secondary N) is 1. The summed E-state index contributed by atoms with van der Waals surface area (Å²) in [6.45, 7) is 5.21. The Morgan fingerprint density at radius 3 is 2.24 bits per heavy atom. The van der Waals surface area contributed by atoms with Gasteiger partial charge in [0.05, 0.1) is 10.6 Å². The first kappa shape index (κ1) is 17.5. The van der Waals surface area contributed by atoms with Gasteiger partial charge in [0, 0.05) is 18.7 Å². The van der Waals surface area contributed by atoms with E-state index < -0.39 is 10.0 Å². The quantitative estimate of drug-likeness (QED) is 0.888. The highest BCUT2D eigenvalue weighted by atomic mass is 32.2. The number of amides is 1. The molecule has 0 atom stereocenters. The van der Waals surface area contributed by atoms with Crippen molar-refractivity contribution in [2.45, 2.75) is 44.6 Å². The standard InChI is InChI=1S/C19H22N2O3S/c1-13-4-11-19(14(2)12-13)25(23,24)21(18-9-10-18)17-7-5-16(6-8-17)20-15(3)22/h4-8,11-12,18H,9-10H2,1-3H3,(H,20,22). The van der Waals surface area contributed by atoms with Crippen molar-refractivity contribution < 1.29 is 13.2 Å². The first-order chi connectivity index (χ1) is 11.8. The van der Waals surface area contributed by atoms with Gasteiger partial charge in [-0.1, -0.05) is 17.7 Å². The molecule has 0 bridgehead atoms. The van der Waals surface area contributed by atoms with Crippen LogP contribution in [0.5, 0.6) is 0 Å². The molecule has 3 rings (SSSR count). The summed E-state index contributed by atoms with van der Waals surface area (Å²) in [5.41, 5.74) is 3.06. The van der Waals surface area contributed by atoms with Gasteiger partial charge in [0.1, 0.15) is 0 Å². The minimum atomic E-state index is -3.63. The molecule has 0 aliphatic heterocycles. The van der Waals surface area contributed by atoms with E-state index in [0.717, 1.165) is 24.0 Å². The highest BCUT2D eigenvalue weighted by Gasteiger charge is 2.38. The van der Waals surface area contributed by atoms with E-state index in [9.17, 15) is 13.2 Å². The second kappa shape index (κ2) is 6.52. The first-order valence-electron chi connectivity index (χ1n) is 8.28. The summed E-state index contributed by atoms with van der Waals surface area (Å²) in [4.78, 5) is 11.5. The molecule has 0 saturated heterocycles. The fourth-order valence-corrected chi connectivity index (χ4v) is 4.86. The number of hydrogen-bond acceptors (Lipinski definition) is 3. The van der Waals surface area contributed by atoms with E-state index in [2.05, 4.69) is 5.32 Å². The van der Waals surface area contributed by atoms with E-state index >= 15 is 0 Å². The third kappa shape index (κ3) is 3.69. The summed E-state index contributed by atoms with van der Waals surface area (Å²) in [6.07, 6.45) is 1.72. The number of nitrogens with zero attached hydrogens (tertiary/aromatic N) is 1. The minimum absolute atomic E-state index is 0.00248. The lowest BCUT2D eigenvalue weighted by Crippen LogP contribution is -2.33. The van der Waals surface area contributed by atoms with Crippen molar-refractivity contribution in [3.8, 4) is 0 Å². The van der Waals surface area contributed by atoms with Gasteiger partial charge in [-0.2, -0.15) is 0 Å². The Morgan fingerprint density at radius 1 is 1.08 bits per heavy atom. The number of aryl methyl sites for hydroxylation is 2. The molecule has 0 aromatic heterocycles. The molecule has 5 nitrogen and oxygen atoms in total. The van der Waals surface area contributed by atoms with Gasteiger partial charge in [-0.05, 0) is 62.6 Å². The second-order valence-electron chi connectivity index (χ2n) is 6.53. The summed E-state index contributed by atoms with van der Waals surface area (Å²) in [6, 6.07) is 12.3. The third-order valence-electron chi connectivity index (χ3n) is 4.19. The maximum atomic E-state index is 13.3. The van der Waals surface area contributed by atoms with Crippen molar-refractivity contribution in [1.29, 1.82) is 0 Å². The van der Waals surface area contributed by atoms with Crippen LogP contribution in [0.1, 0.15) is 30.9 Å². The van der Waals surface area contributed by atoms with Crippen LogP contribution in [-0.4, -0.2) is 20.4 Å². The lowest BCUT2D eigenvalue weighted by molar-refractivity contribution is -0.114. The lowest BCUT2D eigenvalue weighted by atomic mass is 10.2. The molecule has 132 valence electrons. The molecule has 25 heavy (non-hydrogen) atoms. The summed E-state index contributed by atoms with van der Waals surface area (Å²) in [5, 5.41) is 2.69. The summed E-state index contributed by atoms with van der Waals surface area (Å²) < 4.78 is 28.0. The van der Waals surface area contributed by atoms with Crippen molar-refractivity contribution in [3.05, 3.63) is 53.6 Å². The van der Waals surface area contributed by atoms with Crippen LogP contribution in [0.25, 0.3) is 0 Å². The minimum Gasteiger partial charge on any atom is -0.326 e. The zero-order valence-corrected chi connectivity index (χ0v) is 15.4. The Labute approximate surface area is 148 Å². The van der Waals surface area contributed by atoms with Crippen molar-refractivity contribution in [2.75, 3.05) is 9.62 Å². The normalized spacial score (nSPS) is 14.2. The van der Waals surface area contributed by atoms with Crippen LogP contribution >= 0.6 is 0 Å². The van der Waals surface area contributed by atoms with E-state index in [-0.39, 0.29) is 11.9 Å². The molecule has 2 aromatic carbocycles. The van der Waals surface area contributed by atoms with Crippen molar-refractivity contribution in [1.82, 2.24) is 0 Å². The number of anilines is 2. The largest absolute Gasteiger partial charge is 0.326 e. The average molecular weight is 358 g/mol. The maximum Gasteiger partial charge on any atom is 0.264 e. The number of benzene rings is 2. The molecule has 0 radical (unpaired) electrons. The molecule has 1 N–H and O–H groups in total. The molecule has 6 heteroatoms. The topological polar surface area (TPSA) is 66.5 Å². The Bertz CT molecular complexity index is 901. The smallest absolute Gasteiger partial charge is 0.264 e. The Kier molecular flexibility index (Phi) is 4.56. The Morgan fingerprint density at radius 2 is 1.72 bits per heavy atom. The molecular formula is C19H22N2O3S. The van der Waals surface area contributed by atoms with Gasteiger partial charge in [0.15, 0.2) is 0 Å². The predicted molar refractivity (Wildman–Crippen MR) is 99.3 cm³/mol. The average Bonchev–Trinajstić information content (AvgIpc) is 3.32. The molecule has 2 aromatic rings. The van der Waals surface area contributed by atoms with Gasteiger partial charge >= 0.3 is 0 Å². The summed E-state index contributed by atoms with van der Waals surface area (Å²) in [7, 11) is -3.63. The Balaban J connectivity index is 1.99. The zero-order valence-electron chi connectivity index (χ0n) is 14.6. The number of hydrogen-bond donors (Lipinski definition) is 1. The van der Waals surface area contributed by atoms with Gasteiger partial charge in [0.2, 0.25) is 5.91 Å². The highest BCUT2D eigenvalue weighted by Crippen LogP contribution is 2.37. The molecule has 1 amide bonds. The van der Waals surface area contributed by atoms with Crippen molar-refractivity contribution in [2.24, 2.45) is 0 Å². The maximum absolute atomic E-state index is 13.3. The van der Waals surface area contributed by atoms with E-state index in [1.807, 2.05) is 26.0 Å². The summed E-state index contributed by atoms with van der Waals surface area (Å²) >= 11 is 0. The fourth-order valence-electron chi connectivity index (χ4n) is 2.94. The van der Waals surface area contributed by atoms with Gasteiger partial charge in [-0.25, -0.2) is 8.42 Å². The van der Waals surface area contributed by atoms with Crippen LogP contribution in [-0.2, 0) is 14.8 Å².